The molecule has 0 unspecified atom stereocenters. The largest absolute Gasteiger partial charge is 0.464 e. The monoisotopic (exact) mass is 301 g/mol. The van der Waals surface area contributed by atoms with Crippen LogP contribution in [0, 0.1) is 5.92 Å². The van der Waals surface area contributed by atoms with Gasteiger partial charge in [-0.3, -0.25) is 9.10 Å². The molecule has 0 aliphatic carbocycles. The van der Waals surface area contributed by atoms with Gasteiger partial charge in [-0.2, -0.15) is 0 Å². The highest BCUT2D eigenvalue weighted by molar-refractivity contribution is 7.84. The third kappa shape index (κ3) is 3.29. The molecule has 1 rings (SSSR count). The molecule has 6 heteroatoms. The number of carbonyl (C=O) groups is 2. The Kier molecular flexibility index (Phi) is 5.13. The third-order valence-corrected chi connectivity index (χ3v) is 4.88. The van der Waals surface area contributed by atoms with E-state index in [0.29, 0.717) is 5.57 Å². The van der Waals surface area contributed by atoms with Gasteiger partial charge in [0.1, 0.15) is 17.0 Å². The molecule has 0 bridgehead atoms. The maximum Gasteiger partial charge on any atom is 0.330 e. The van der Waals surface area contributed by atoms with Crippen molar-refractivity contribution >= 4 is 22.7 Å². The van der Waals surface area contributed by atoms with Crippen LogP contribution >= 0.6 is 0 Å². The summed E-state index contributed by atoms with van der Waals surface area (Å²) < 4.78 is 18.6. The number of allylic oxidation sites excluding steroid dienone is 1. The quantitative estimate of drug-likeness (QED) is 0.746. The summed E-state index contributed by atoms with van der Waals surface area (Å²) in [5, 5.41) is 0. The lowest BCUT2D eigenvalue weighted by Gasteiger charge is -2.38. The van der Waals surface area contributed by atoms with E-state index in [1.165, 1.54) is 10.5 Å². The maximum absolute atomic E-state index is 12.6. The molecule has 0 aromatic heterocycles. The van der Waals surface area contributed by atoms with Crippen LogP contribution in [0.5, 0.6) is 0 Å². The molecule has 1 aliphatic rings. The maximum atomic E-state index is 12.6. The first-order valence-corrected chi connectivity index (χ1v) is 7.81. The van der Waals surface area contributed by atoms with E-state index in [9.17, 15) is 13.8 Å². The minimum Gasteiger partial charge on any atom is -0.464 e. The van der Waals surface area contributed by atoms with Crippen LogP contribution in [-0.4, -0.2) is 37.7 Å². The zero-order valence-corrected chi connectivity index (χ0v) is 13.7. The Hall–Kier alpha value is -1.17. The van der Waals surface area contributed by atoms with Crippen LogP contribution < -0.4 is 0 Å². The minimum absolute atomic E-state index is 0.106. The second-order valence-electron chi connectivity index (χ2n) is 5.88. The zero-order chi connectivity index (χ0) is 15.7. The van der Waals surface area contributed by atoms with Crippen molar-refractivity contribution in [1.29, 1.82) is 0 Å². The lowest BCUT2D eigenvalue weighted by Crippen LogP contribution is -2.52. The molecule has 0 saturated heterocycles. The van der Waals surface area contributed by atoms with Gasteiger partial charge >= 0.3 is 5.97 Å². The number of hydrogen-bond donors (Lipinski definition) is 0. The van der Waals surface area contributed by atoms with Crippen molar-refractivity contribution in [2.45, 2.75) is 52.3 Å². The fourth-order valence-electron chi connectivity index (χ4n) is 2.06. The Morgan fingerprint density at radius 2 is 2.00 bits per heavy atom. The van der Waals surface area contributed by atoms with Gasteiger partial charge < -0.3 is 4.74 Å². The van der Waals surface area contributed by atoms with Crippen LogP contribution in [0.15, 0.2) is 11.8 Å². The summed E-state index contributed by atoms with van der Waals surface area (Å²) >= 11 is 0. The molecule has 0 fully saturated rings. The normalized spacial score (nSPS) is 25.2. The van der Waals surface area contributed by atoms with E-state index in [-0.39, 0.29) is 12.4 Å². The van der Waals surface area contributed by atoms with E-state index in [0.717, 1.165) is 0 Å². The van der Waals surface area contributed by atoms with Crippen molar-refractivity contribution in [3.8, 4) is 0 Å². The number of ketones is 1. The van der Waals surface area contributed by atoms with Gasteiger partial charge in [0.05, 0.1) is 17.3 Å². The first-order valence-electron chi connectivity index (χ1n) is 6.70. The Morgan fingerprint density at radius 1 is 1.45 bits per heavy atom. The predicted octanol–water partition coefficient (Wildman–Crippen LogP) is 1.80. The molecule has 5 nitrogen and oxygen atoms in total. The molecule has 0 radical (unpaired) electrons. The van der Waals surface area contributed by atoms with E-state index < -0.39 is 33.7 Å². The van der Waals surface area contributed by atoms with Crippen molar-refractivity contribution in [2.75, 3.05) is 6.61 Å². The molecule has 1 aliphatic heterocycles. The smallest absolute Gasteiger partial charge is 0.330 e. The van der Waals surface area contributed by atoms with Crippen molar-refractivity contribution in [2.24, 2.45) is 5.92 Å². The minimum atomic E-state index is -1.43. The Bertz CT molecular complexity index is 464. The Balaban J connectivity index is 3.24. The molecular weight excluding hydrogens is 278 g/mol. The summed E-state index contributed by atoms with van der Waals surface area (Å²) in [4.78, 5) is 24.2. The standard InChI is InChI=1S/C14H23NO4S/c1-7-19-13(17)11-10(3)12(16)9(2)8-15(11)20(18)14(4,5)6/h8,10-11H,7H2,1-6H3/t10-,11-,20-/m1/s1. The molecular formula is C14H23NO4S. The Labute approximate surface area is 122 Å². The van der Waals surface area contributed by atoms with Gasteiger partial charge in [-0.15, -0.1) is 0 Å². The first kappa shape index (κ1) is 16.9. The van der Waals surface area contributed by atoms with Crippen molar-refractivity contribution in [1.82, 2.24) is 4.31 Å². The van der Waals surface area contributed by atoms with Crippen LogP contribution in [0.2, 0.25) is 0 Å². The number of Topliss-reactive ketones (excluding diaryl/α,β-unsaturated/α-hetero) is 1. The molecule has 0 aromatic carbocycles. The van der Waals surface area contributed by atoms with Crippen molar-refractivity contribution in [3.05, 3.63) is 11.8 Å². The van der Waals surface area contributed by atoms with E-state index in [4.69, 9.17) is 4.74 Å². The van der Waals surface area contributed by atoms with Gasteiger partial charge in [0, 0.05) is 11.8 Å². The highest BCUT2D eigenvalue weighted by atomic mass is 32.2. The van der Waals surface area contributed by atoms with E-state index in [2.05, 4.69) is 0 Å². The summed E-state index contributed by atoms with van der Waals surface area (Å²) in [6.45, 7) is 10.8. The highest BCUT2D eigenvalue weighted by Gasteiger charge is 2.43. The molecule has 20 heavy (non-hydrogen) atoms. The van der Waals surface area contributed by atoms with Crippen molar-refractivity contribution < 1.29 is 18.5 Å². The molecule has 0 amide bonds. The van der Waals surface area contributed by atoms with E-state index in [1.807, 2.05) is 20.8 Å². The summed E-state index contributed by atoms with van der Waals surface area (Å²) in [6, 6.07) is -0.828. The fraction of sp³-hybridized carbons (Fsp3) is 0.714. The molecule has 0 spiro atoms. The zero-order valence-electron chi connectivity index (χ0n) is 12.9. The van der Waals surface area contributed by atoms with Gasteiger partial charge in [0.2, 0.25) is 0 Å². The second-order valence-corrected chi connectivity index (χ2v) is 8.03. The van der Waals surface area contributed by atoms with Gasteiger partial charge in [-0.05, 0) is 34.6 Å². The fourth-order valence-corrected chi connectivity index (χ4v) is 3.42. The topological polar surface area (TPSA) is 63.7 Å². The van der Waals surface area contributed by atoms with Crippen LogP contribution in [-0.2, 0) is 25.3 Å². The van der Waals surface area contributed by atoms with Crippen LogP contribution in [0.1, 0.15) is 41.5 Å². The highest BCUT2D eigenvalue weighted by Crippen LogP contribution is 2.29. The predicted molar refractivity (Wildman–Crippen MR) is 78.1 cm³/mol. The molecule has 1 heterocycles. The van der Waals surface area contributed by atoms with E-state index >= 15 is 0 Å². The Morgan fingerprint density at radius 3 is 2.45 bits per heavy atom. The number of rotatable bonds is 3. The van der Waals surface area contributed by atoms with Crippen LogP contribution in [0.25, 0.3) is 0 Å². The van der Waals surface area contributed by atoms with Gasteiger partial charge in [-0.25, -0.2) is 9.00 Å². The molecule has 114 valence electrons. The van der Waals surface area contributed by atoms with Crippen LogP contribution in [0.3, 0.4) is 0 Å². The van der Waals surface area contributed by atoms with Gasteiger partial charge in [-0.1, -0.05) is 6.92 Å². The SMILES string of the molecule is CCOC(=O)[C@H]1[C@@H](C)C(=O)C(C)=CN1[S@](=O)C(C)(C)C. The third-order valence-electron chi connectivity index (χ3n) is 3.11. The molecule has 3 atom stereocenters. The summed E-state index contributed by atoms with van der Waals surface area (Å²) in [6.07, 6.45) is 1.52. The summed E-state index contributed by atoms with van der Waals surface area (Å²) in [7, 11) is -1.43. The van der Waals surface area contributed by atoms with E-state index in [1.54, 1.807) is 20.8 Å². The summed E-state index contributed by atoms with van der Waals surface area (Å²) in [5.74, 6) is -1.18. The van der Waals surface area contributed by atoms with Crippen LogP contribution in [0.4, 0.5) is 0 Å². The summed E-state index contributed by atoms with van der Waals surface area (Å²) in [5.41, 5.74) is 0.510. The number of ether oxygens (including phenoxy) is 1. The molecule has 0 aromatic rings. The lowest BCUT2D eigenvalue weighted by atomic mass is 9.90. The van der Waals surface area contributed by atoms with Gasteiger partial charge in [0.15, 0.2) is 5.78 Å². The number of carbonyl (C=O) groups excluding carboxylic acids is 2. The molecule has 0 N–H and O–H groups in total. The van der Waals surface area contributed by atoms with Gasteiger partial charge in [0.25, 0.3) is 0 Å². The lowest BCUT2D eigenvalue weighted by molar-refractivity contribution is -0.150. The number of esters is 1. The average molecular weight is 301 g/mol. The number of nitrogens with zero attached hydrogens (tertiary/aromatic N) is 1. The average Bonchev–Trinajstić information content (AvgIpc) is 2.33. The van der Waals surface area contributed by atoms with Crippen molar-refractivity contribution in [3.63, 3.8) is 0 Å². The molecule has 0 saturated carbocycles. The second kappa shape index (κ2) is 6.08. The number of hydrogen-bond acceptors (Lipinski definition) is 4. The first-order chi connectivity index (χ1) is 9.11.